The van der Waals surface area contributed by atoms with Crippen LogP contribution in [0.25, 0.3) is 0 Å². The molecule has 0 atom stereocenters. The summed E-state index contributed by atoms with van der Waals surface area (Å²) in [4.78, 5) is 6.66. The van der Waals surface area contributed by atoms with Crippen LogP contribution in [-0.2, 0) is 10.0 Å². The second-order valence-electron chi connectivity index (χ2n) is 5.47. The predicted molar refractivity (Wildman–Crippen MR) is 101 cm³/mol. The molecule has 1 aromatic carbocycles. The number of aromatic nitrogens is 1. The number of benzene rings is 1. The summed E-state index contributed by atoms with van der Waals surface area (Å²) in [7, 11) is -3.72. The van der Waals surface area contributed by atoms with Crippen LogP contribution in [0.2, 0.25) is 5.02 Å². The number of thioether (sulfide) groups is 1. The third-order valence-electron chi connectivity index (χ3n) is 3.87. The SMILES string of the molecule is Cc1c(Cl)cccc1S(=O)(=O)Nc1ccc(N2CCSCC2)cn1. The lowest BCUT2D eigenvalue weighted by molar-refractivity contribution is 0.600. The lowest BCUT2D eigenvalue weighted by Crippen LogP contribution is -2.32. The van der Waals surface area contributed by atoms with E-state index in [-0.39, 0.29) is 4.90 Å². The Kier molecular flexibility index (Phi) is 5.22. The zero-order chi connectivity index (χ0) is 17.2. The lowest BCUT2D eigenvalue weighted by atomic mass is 10.2. The van der Waals surface area contributed by atoms with Gasteiger partial charge in [-0.3, -0.25) is 4.72 Å². The molecular formula is C16H18ClN3O2S2. The van der Waals surface area contributed by atoms with Gasteiger partial charge in [0.2, 0.25) is 0 Å². The van der Waals surface area contributed by atoms with E-state index in [1.54, 1.807) is 31.3 Å². The van der Waals surface area contributed by atoms with Gasteiger partial charge in [-0.1, -0.05) is 17.7 Å². The first-order valence-electron chi connectivity index (χ1n) is 7.54. The number of rotatable bonds is 4. The highest BCUT2D eigenvalue weighted by Gasteiger charge is 2.19. The topological polar surface area (TPSA) is 62.3 Å². The van der Waals surface area contributed by atoms with Crippen molar-refractivity contribution < 1.29 is 8.42 Å². The van der Waals surface area contributed by atoms with Crippen LogP contribution in [0.3, 0.4) is 0 Å². The number of pyridine rings is 1. The Bertz CT molecular complexity index is 820. The summed E-state index contributed by atoms with van der Waals surface area (Å²) in [5.41, 5.74) is 1.53. The number of hydrogen-bond donors (Lipinski definition) is 1. The van der Waals surface area contributed by atoms with E-state index in [9.17, 15) is 8.42 Å². The summed E-state index contributed by atoms with van der Waals surface area (Å²) in [6, 6.07) is 8.40. The monoisotopic (exact) mass is 383 g/mol. The largest absolute Gasteiger partial charge is 0.369 e. The Morgan fingerprint density at radius 1 is 1.21 bits per heavy atom. The highest BCUT2D eigenvalue weighted by molar-refractivity contribution is 7.99. The Balaban J connectivity index is 1.79. The van der Waals surface area contributed by atoms with Gasteiger partial charge in [-0.15, -0.1) is 0 Å². The first kappa shape index (κ1) is 17.4. The Morgan fingerprint density at radius 3 is 2.62 bits per heavy atom. The Labute approximate surface area is 151 Å². The molecule has 2 heterocycles. The van der Waals surface area contributed by atoms with Crippen LogP contribution in [0.1, 0.15) is 5.56 Å². The number of hydrogen-bond acceptors (Lipinski definition) is 5. The molecule has 1 N–H and O–H groups in total. The van der Waals surface area contributed by atoms with Crippen molar-refractivity contribution in [2.24, 2.45) is 0 Å². The van der Waals surface area contributed by atoms with Gasteiger partial charge in [-0.25, -0.2) is 13.4 Å². The van der Waals surface area contributed by atoms with Crippen LogP contribution in [0.4, 0.5) is 11.5 Å². The standard InChI is InChI=1S/C16H18ClN3O2S2/c1-12-14(17)3-2-4-15(12)24(21,22)19-16-6-5-13(11-18-16)20-7-9-23-10-8-20/h2-6,11H,7-10H2,1H3,(H,18,19). The highest BCUT2D eigenvalue weighted by Crippen LogP contribution is 2.25. The molecule has 3 rings (SSSR count). The number of halogens is 1. The summed E-state index contributed by atoms with van der Waals surface area (Å²) in [5, 5.41) is 0.421. The Morgan fingerprint density at radius 2 is 1.96 bits per heavy atom. The van der Waals surface area contributed by atoms with Gasteiger partial charge in [0.25, 0.3) is 10.0 Å². The van der Waals surface area contributed by atoms with Crippen LogP contribution >= 0.6 is 23.4 Å². The van der Waals surface area contributed by atoms with Crippen molar-refractivity contribution in [3.8, 4) is 0 Å². The summed E-state index contributed by atoms with van der Waals surface area (Å²) < 4.78 is 27.6. The molecule has 1 saturated heterocycles. The number of anilines is 2. The molecule has 0 radical (unpaired) electrons. The third-order valence-corrected chi connectivity index (χ3v) is 6.72. The van der Waals surface area contributed by atoms with Gasteiger partial charge in [-0.05, 0) is 36.8 Å². The molecule has 2 aromatic rings. The van der Waals surface area contributed by atoms with E-state index in [4.69, 9.17) is 11.6 Å². The molecule has 24 heavy (non-hydrogen) atoms. The van der Waals surface area contributed by atoms with Crippen LogP contribution in [-0.4, -0.2) is 38.0 Å². The highest BCUT2D eigenvalue weighted by atomic mass is 35.5. The first-order chi connectivity index (χ1) is 11.5. The summed E-state index contributed by atoms with van der Waals surface area (Å²) in [6.07, 6.45) is 1.71. The minimum atomic E-state index is -3.72. The van der Waals surface area contributed by atoms with Crippen molar-refractivity contribution in [3.63, 3.8) is 0 Å². The third kappa shape index (κ3) is 3.79. The van der Waals surface area contributed by atoms with E-state index in [1.807, 2.05) is 17.8 Å². The van der Waals surface area contributed by atoms with E-state index in [0.717, 1.165) is 30.3 Å². The zero-order valence-corrected chi connectivity index (χ0v) is 15.6. The molecule has 0 unspecified atom stereocenters. The van der Waals surface area contributed by atoms with E-state index < -0.39 is 10.0 Å². The van der Waals surface area contributed by atoms with E-state index in [2.05, 4.69) is 14.6 Å². The second-order valence-corrected chi connectivity index (χ2v) is 8.75. The van der Waals surface area contributed by atoms with Crippen LogP contribution < -0.4 is 9.62 Å². The van der Waals surface area contributed by atoms with E-state index in [0.29, 0.717) is 16.4 Å². The molecule has 1 aromatic heterocycles. The fourth-order valence-corrected chi connectivity index (χ4v) is 4.94. The molecule has 0 saturated carbocycles. The van der Waals surface area contributed by atoms with Gasteiger partial charge in [0.1, 0.15) is 5.82 Å². The minimum Gasteiger partial charge on any atom is -0.369 e. The van der Waals surface area contributed by atoms with Gasteiger partial charge < -0.3 is 4.90 Å². The molecular weight excluding hydrogens is 366 g/mol. The van der Waals surface area contributed by atoms with Crippen LogP contribution in [0, 0.1) is 6.92 Å². The molecule has 0 amide bonds. The van der Waals surface area contributed by atoms with E-state index in [1.165, 1.54) is 6.07 Å². The predicted octanol–water partition coefficient (Wildman–Crippen LogP) is 3.40. The molecule has 0 spiro atoms. The number of sulfonamides is 1. The molecule has 5 nitrogen and oxygen atoms in total. The molecule has 8 heteroatoms. The minimum absolute atomic E-state index is 0.161. The van der Waals surface area contributed by atoms with Crippen LogP contribution in [0.15, 0.2) is 41.4 Å². The number of nitrogens with one attached hydrogen (secondary N) is 1. The van der Waals surface area contributed by atoms with Crippen molar-refractivity contribution in [2.45, 2.75) is 11.8 Å². The fraction of sp³-hybridized carbons (Fsp3) is 0.312. The lowest BCUT2D eigenvalue weighted by Gasteiger charge is -2.28. The molecule has 1 aliphatic heterocycles. The average Bonchev–Trinajstić information content (AvgIpc) is 2.58. The number of nitrogens with zero attached hydrogens (tertiary/aromatic N) is 2. The van der Waals surface area contributed by atoms with Gasteiger partial charge in [-0.2, -0.15) is 11.8 Å². The van der Waals surface area contributed by atoms with Gasteiger partial charge >= 0.3 is 0 Å². The Hall–Kier alpha value is -1.44. The molecule has 0 bridgehead atoms. The summed E-state index contributed by atoms with van der Waals surface area (Å²) in [5.74, 6) is 2.50. The first-order valence-corrected chi connectivity index (χ1v) is 10.6. The molecule has 1 aliphatic rings. The van der Waals surface area contributed by atoms with E-state index >= 15 is 0 Å². The van der Waals surface area contributed by atoms with Crippen LogP contribution in [0.5, 0.6) is 0 Å². The molecule has 128 valence electrons. The quantitative estimate of drug-likeness (QED) is 0.876. The van der Waals surface area contributed by atoms with Crippen molar-refractivity contribution in [1.29, 1.82) is 0 Å². The molecule has 0 aliphatic carbocycles. The fourth-order valence-electron chi connectivity index (χ4n) is 2.53. The van der Waals surface area contributed by atoms with Gasteiger partial charge in [0.05, 0.1) is 16.8 Å². The van der Waals surface area contributed by atoms with Crippen molar-refractivity contribution >= 4 is 44.9 Å². The zero-order valence-electron chi connectivity index (χ0n) is 13.2. The van der Waals surface area contributed by atoms with Gasteiger partial charge in [0.15, 0.2) is 0 Å². The van der Waals surface area contributed by atoms with Crippen molar-refractivity contribution in [3.05, 3.63) is 47.1 Å². The smallest absolute Gasteiger partial charge is 0.263 e. The summed E-state index contributed by atoms with van der Waals surface area (Å²) >= 11 is 7.95. The maximum atomic E-state index is 12.5. The maximum Gasteiger partial charge on any atom is 0.263 e. The van der Waals surface area contributed by atoms with Gasteiger partial charge in [0, 0.05) is 29.6 Å². The average molecular weight is 384 g/mol. The van der Waals surface area contributed by atoms with Crippen molar-refractivity contribution in [1.82, 2.24) is 4.98 Å². The summed E-state index contributed by atoms with van der Waals surface area (Å²) in [6.45, 7) is 3.65. The second kappa shape index (κ2) is 7.21. The molecule has 1 fully saturated rings. The normalized spacial score (nSPS) is 15.3. The maximum absolute atomic E-state index is 12.5. The van der Waals surface area contributed by atoms with Crippen molar-refractivity contribution in [2.75, 3.05) is 34.2 Å².